The molecule has 28 heavy (non-hydrogen) atoms. The van der Waals surface area contributed by atoms with Crippen molar-refractivity contribution in [2.45, 2.75) is 45.0 Å². The molecule has 1 saturated heterocycles. The molecule has 9 heteroatoms. The van der Waals surface area contributed by atoms with Crippen molar-refractivity contribution >= 4 is 29.9 Å². The summed E-state index contributed by atoms with van der Waals surface area (Å²) in [4.78, 5) is 6.78. The van der Waals surface area contributed by atoms with Crippen molar-refractivity contribution in [3.05, 3.63) is 35.4 Å². The zero-order valence-corrected chi connectivity index (χ0v) is 18.5. The number of aliphatic imine (C=N–C) groups is 1. The van der Waals surface area contributed by atoms with E-state index in [4.69, 9.17) is 0 Å². The molecule has 0 aromatic heterocycles. The molecule has 0 atom stereocenters. The summed E-state index contributed by atoms with van der Waals surface area (Å²) in [5, 5.41) is 15.9. The maximum Gasteiger partial charge on any atom is 0.416 e. The van der Waals surface area contributed by atoms with Gasteiger partial charge in [-0.25, -0.2) is 4.99 Å². The molecule has 5 nitrogen and oxygen atoms in total. The molecule has 1 aromatic carbocycles. The van der Waals surface area contributed by atoms with E-state index in [1.54, 1.807) is 0 Å². The van der Waals surface area contributed by atoms with Crippen LogP contribution in [0.2, 0.25) is 0 Å². The molecule has 1 heterocycles. The number of rotatable bonds is 7. The fourth-order valence-electron chi connectivity index (χ4n) is 2.96. The lowest BCUT2D eigenvalue weighted by molar-refractivity contribution is -0.137. The van der Waals surface area contributed by atoms with Crippen LogP contribution < -0.4 is 10.6 Å². The Bertz CT molecular complexity index is 588. The summed E-state index contributed by atoms with van der Waals surface area (Å²) in [6, 6.07) is 5.09. The lowest BCUT2D eigenvalue weighted by Gasteiger charge is -2.29. The van der Waals surface area contributed by atoms with Crippen molar-refractivity contribution in [3.8, 4) is 0 Å². The molecule has 0 amide bonds. The third-order valence-corrected chi connectivity index (χ3v) is 4.55. The van der Waals surface area contributed by atoms with Crippen LogP contribution in [0.1, 0.15) is 37.3 Å². The van der Waals surface area contributed by atoms with Crippen molar-refractivity contribution in [1.82, 2.24) is 15.5 Å². The van der Waals surface area contributed by atoms with Gasteiger partial charge in [-0.15, -0.1) is 24.0 Å². The zero-order chi connectivity index (χ0) is 19.7. The Morgan fingerprint density at radius 1 is 1.18 bits per heavy atom. The topological polar surface area (TPSA) is 59.9 Å². The van der Waals surface area contributed by atoms with Crippen LogP contribution in [0, 0.1) is 0 Å². The summed E-state index contributed by atoms with van der Waals surface area (Å²) < 4.78 is 37.8. The first-order valence-electron chi connectivity index (χ1n) is 9.47. The second-order valence-corrected chi connectivity index (χ2v) is 6.74. The third kappa shape index (κ3) is 8.95. The van der Waals surface area contributed by atoms with E-state index in [1.807, 2.05) is 6.92 Å². The van der Waals surface area contributed by atoms with E-state index in [1.165, 1.54) is 12.1 Å². The number of guanidine groups is 1. The average molecular weight is 514 g/mol. The Hall–Kier alpha value is -1.07. The normalized spacial score (nSPS) is 16.5. The van der Waals surface area contributed by atoms with Crippen LogP contribution in [0.4, 0.5) is 13.2 Å². The van der Waals surface area contributed by atoms with Gasteiger partial charge in [-0.3, -0.25) is 0 Å². The quantitative estimate of drug-likeness (QED) is 0.227. The van der Waals surface area contributed by atoms with E-state index in [0.29, 0.717) is 19.0 Å². The number of likely N-dealkylation sites (tertiary alicyclic amines) is 1. The molecule has 0 bridgehead atoms. The summed E-state index contributed by atoms with van der Waals surface area (Å²) in [5.74, 6) is 0.659. The monoisotopic (exact) mass is 514 g/mol. The number of benzene rings is 1. The smallest absolute Gasteiger partial charge is 0.393 e. The molecule has 3 N–H and O–H groups in total. The fourth-order valence-corrected chi connectivity index (χ4v) is 2.96. The van der Waals surface area contributed by atoms with Gasteiger partial charge in [-0.05, 0) is 50.4 Å². The molecular formula is C19H30F3IN4O. The summed E-state index contributed by atoms with van der Waals surface area (Å²) in [6.45, 7) is 6.59. The molecule has 0 saturated carbocycles. The first-order chi connectivity index (χ1) is 12.9. The Morgan fingerprint density at radius 2 is 1.82 bits per heavy atom. The lowest BCUT2D eigenvalue weighted by Crippen LogP contribution is -2.40. The average Bonchev–Trinajstić information content (AvgIpc) is 2.64. The van der Waals surface area contributed by atoms with Crippen LogP contribution in [-0.2, 0) is 12.7 Å². The van der Waals surface area contributed by atoms with Gasteiger partial charge >= 0.3 is 6.18 Å². The number of hydrogen-bond donors (Lipinski definition) is 3. The van der Waals surface area contributed by atoms with Crippen LogP contribution in [0.3, 0.4) is 0 Å². The predicted molar refractivity (Wildman–Crippen MR) is 116 cm³/mol. The van der Waals surface area contributed by atoms with Crippen molar-refractivity contribution in [3.63, 3.8) is 0 Å². The fraction of sp³-hybridized carbons (Fsp3) is 0.632. The molecular weight excluding hydrogens is 484 g/mol. The van der Waals surface area contributed by atoms with E-state index in [-0.39, 0.29) is 30.1 Å². The lowest BCUT2D eigenvalue weighted by atomic mass is 10.1. The number of aliphatic hydroxyl groups excluding tert-OH is 1. The number of piperidine rings is 1. The molecule has 0 aliphatic carbocycles. The van der Waals surface area contributed by atoms with Crippen LogP contribution in [0.25, 0.3) is 0 Å². The molecule has 1 aliphatic heterocycles. The number of halogens is 4. The van der Waals surface area contributed by atoms with E-state index in [2.05, 4.69) is 20.5 Å². The second-order valence-electron chi connectivity index (χ2n) is 6.74. The molecule has 0 radical (unpaired) electrons. The van der Waals surface area contributed by atoms with E-state index >= 15 is 0 Å². The Labute approximate surface area is 181 Å². The van der Waals surface area contributed by atoms with Crippen LogP contribution >= 0.6 is 24.0 Å². The minimum atomic E-state index is -4.31. The predicted octanol–water partition coefficient (Wildman–Crippen LogP) is 3.23. The summed E-state index contributed by atoms with van der Waals surface area (Å²) in [5.41, 5.74) is 0.0811. The first-order valence-corrected chi connectivity index (χ1v) is 9.47. The maximum atomic E-state index is 12.6. The largest absolute Gasteiger partial charge is 0.416 e. The Balaban J connectivity index is 0.00000392. The summed E-state index contributed by atoms with van der Waals surface area (Å²) in [6.07, 6.45) is -1.84. The van der Waals surface area contributed by atoms with Crippen LogP contribution in [-0.4, -0.2) is 54.8 Å². The van der Waals surface area contributed by atoms with E-state index < -0.39 is 11.7 Å². The van der Waals surface area contributed by atoms with Gasteiger partial charge in [0.05, 0.1) is 18.2 Å². The number of aliphatic hydroxyl groups is 1. The van der Waals surface area contributed by atoms with Crippen LogP contribution in [0.15, 0.2) is 29.3 Å². The molecule has 1 fully saturated rings. The van der Waals surface area contributed by atoms with Gasteiger partial charge in [0.2, 0.25) is 0 Å². The maximum absolute atomic E-state index is 12.6. The summed E-state index contributed by atoms with van der Waals surface area (Å²) in [7, 11) is 0. The van der Waals surface area contributed by atoms with Gasteiger partial charge in [0.25, 0.3) is 0 Å². The van der Waals surface area contributed by atoms with Gasteiger partial charge in [0.1, 0.15) is 0 Å². The van der Waals surface area contributed by atoms with Gasteiger partial charge in [0, 0.05) is 26.2 Å². The van der Waals surface area contributed by atoms with Gasteiger partial charge in [-0.1, -0.05) is 12.1 Å². The number of alkyl halides is 3. The highest BCUT2D eigenvalue weighted by atomic mass is 127. The standard InChI is InChI=1S/C19H29F3N4O.HI/c1-2-23-18(24-10-3-11-26-12-8-17(27)9-13-26)25-14-15-4-6-16(7-5-15)19(20,21)22;/h4-7,17,27H,2-3,8-14H2,1H3,(H2,23,24,25);1H. The van der Waals surface area contributed by atoms with Gasteiger partial charge in [0.15, 0.2) is 5.96 Å². The molecule has 160 valence electrons. The number of nitrogens with zero attached hydrogens (tertiary/aromatic N) is 2. The molecule has 0 unspecified atom stereocenters. The van der Waals surface area contributed by atoms with E-state index in [9.17, 15) is 18.3 Å². The molecule has 2 rings (SSSR count). The van der Waals surface area contributed by atoms with Gasteiger partial charge in [-0.2, -0.15) is 13.2 Å². The zero-order valence-electron chi connectivity index (χ0n) is 16.1. The summed E-state index contributed by atoms with van der Waals surface area (Å²) >= 11 is 0. The van der Waals surface area contributed by atoms with Gasteiger partial charge < -0.3 is 20.6 Å². The van der Waals surface area contributed by atoms with Crippen molar-refractivity contribution in [2.75, 3.05) is 32.7 Å². The third-order valence-electron chi connectivity index (χ3n) is 4.55. The minimum absolute atomic E-state index is 0. The first kappa shape index (κ1) is 25.0. The Morgan fingerprint density at radius 3 is 2.39 bits per heavy atom. The minimum Gasteiger partial charge on any atom is -0.393 e. The van der Waals surface area contributed by atoms with Crippen molar-refractivity contribution < 1.29 is 18.3 Å². The van der Waals surface area contributed by atoms with Crippen LogP contribution in [0.5, 0.6) is 0 Å². The highest BCUT2D eigenvalue weighted by molar-refractivity contribution is 14.0. The SMILES string of the molecule is CCNC(=NCc1ccc(C(F)(F)F)cc1)NCCCN1CCC(O)CC1.I. The number of nitrogens with one attached hydrogen (secondary N) is 2. The second kappa shape index (κ2) is 12.5. The highest BCUT2D eigenvalue weighted by Gasteiger charge is 2.29. The molecule has 1 aromatic rings. The van der Waals surface area contributed by atoms with Crippen molar-refractivity contribution in [1.29, 1.82) is 0 Å². The van der Waals surface area contributed by atoms with E-state index in [0.717, 1.165) is 63.1 Å². The molecule has 0 spiro atoms. The molecule has 1 aliphatic rings. The Kier molecular flexibility index (Phi) is 11.1. The highest BCUT2D eigenvalue weighted by Crippen LogP contribution is 2.29. The van der Waals surface area contributed by atoms with Crippen molar-refractivity contribution in [2.24, 2.45) is 4.99 Å². The number of hydrogen-bond acceptors (Lipinski definition) is 3.